The lowest BCUT2D eigenvalue weighted by Gasteiger charge is -2.09. The van der Waals surface area contributed by atoms with Crippen molar-refractivity contribution in [1.29, 1.82) is 0 Å². The van der Waals surface area contributed by atoms with Crippen LogP contribution in [0.3, 0.4) is 0 Å². The van der Waals surface area contributed by atoms with Crippen LogP contribution in [0, 0.1) is 5.82 Å². The fourth-order valence-corrected chi connectivity index (χ4v) is 3.90. The number of nitrogens with one attached hydrogen (secondary N) is 1. The Bertz CT molecular complexity index is 931. The van der Waals surface area contributed by atoms with Crippen molar-refractivity contribution in [2.45, 2.75) is 18.4 Å². The highest BCUT2D eigenvalue weighted by Crippen LogP contribution is 2.25. The average Bonchev–Trinajstić information content (AvgIpc) is 2.98. The Labute approximate surface area is 134 Å². The third-order valence-corrected chi connectivity index (χ3v) is 5.43. The predicted molar refractivity (Wildman–Crippen MR) is 88.3 cm³/mol. The molecule has 0 saturated heterocycles. The van der Waals surface area contributed by atoms with Crippen molar-refractivity contribution in [1.82, 2.24) is 9.29 Å². The Morgan fingerprint density at radius 2 is 1.83 bits per heavy atom. The number of benzene rings is 2. The molecule has 0 amide bonds. The fourth-order valence-electron chi connectivity index (χ4n) is 2.55. The number of hydrogen-bond acceptors (Lipinski definition) is 3. The molecular weight excluding hydrogens is 315 g/mol. The number of nitrogens with zero attached hydrogens (tertiary/aromatic N) is 1. The minimum absolute atomic E-state index is 0.0634. The molecule has 23 heavy (non-hydrogen) atoms. The molecule has 2 aromatic carbocycles. The van der Waals surface area contributed by atoms with E-state index in [1.54, 1.807) is 18.3 Å². The minimum atomic E-state index is -3.75. The van der Waals surface area contributed by atoms with Crippen molar-refractivity contribution in [3.8, 4) is 0 Å². The van der Waals surface area contributed by atoms with Gasteiger partial charge in [0.2, 0.25) is 0 Å². The summed E-state index contributed by atoms with van der Waals surface area (Å²) in [6, 6.07) is 12.2. The van der Waals surface area contributed by atoms with Gasteiger partial charge in [-0.25, -0.2) is 16.8 Å². The highest BCUT2D eigenvalue weighted by atomic mass is 32.2. The number of hydrogen-bond donors (Lipinski definition) is 1. The largest absolute Gasteiger partial charge is 0.313 e. The SMILES string of the molecule is CCNCc1cccc2c1ccn2S(=O)(=O)c1ccc(F)cc1. The second kappa shape index (κ2) is 6.14. The van der Waals surface area contributed by atoms with E-state index in [1.807, 2.05) is 19.1 Å². The minimum Gasteiger partial charge on any atom is -0.313 e. The van der Waals surface area contributed by atoms with E-state index < -0.39 is 15.8 Å². The molecule has 0 radical (unpaired) electrons. The lowest BCUT2D eigenvalue weighted by Crippen LogP contribution is -2.13. The number of halogens is 1. The molecule has 0 aliphatic carbocycles. The van der Waals surface area contributed by atoms with E-state index in [2.05, 4.69) is 5.32 Å². The summed E-state index contributed by atoms with van der Waals surface area (Å²) in [5, 5.41) is 4.13. The van der Waals surface area contributed by atoms with Gasteiger partial charge in [-0.05, 0) is 48.5 Å². The Morgan fingerprint density at radius 3 is 2.52 bits per heavy atom. The van der Waals surface area contributed by atoms with Gasteiger partial charge in [0.25, 0.3) is 10.0 Å². The van der Waals surface area contributed by atoms with Gasteiger partial charge in [-0.2, -0.15) is 0 Å². The summed E-state index contributed by atoms with van der Waals surface area (Å²) in [5.74, 6) is -0.464. The maximum atomic E-state index is 13.0. The van der Waals surface area contributed by atoms with Gasteiger partial charge >= 0.3 is 0 Å². The molecule has 0 bridgehead atoms. The number of rotatable bonds is 5. The van der Waals surface area contributed by atoms with Crippen LogP contribution in [-0.4, -0.2) is 18.9 Å². The Balaban J connectivity index is 2.11. The number of fused-ring (bicyclic) bond motifs is 1. The van der Waals surface area contributed by atoms with Crippen LogP contribution < -0.4 is 5.32 Å². The van der Waals surface area contributed by atoms with Crippen molar-refractivity contribution in [2.75, 3.05) is 6.54 Å². The van der Waals surface area contributed by atoms with Gasteiger partial charge < -0.3 is 5.32 Å². The molecule has 0 saturated carbocycles. The summed E-state index contributed by atoms with van der Waals surface area (Å²) in [5.41, 5.74) is 1.65. The predicted octanol–water partition coefficient (Wildman–Crippen LogP) is 3.13. The van der Waals surface area contributed by atoms with E-state index in [0.29, 0.717) is 12.1 Å². The monoisotopic (exact) mass is 332 g/mol. The van der Waals surface area contributed by atoms with Crippen LogP contribution >= 0.6 is 0 Å². The molecule has 120 valence electrons. The van der Waals surface area contributed by atoms with Crippen molar-refractivity contribution < 1.29 is 12.8 Å². The molecule has 0 spiro atoms. The zero-order valence-corrected chi connectivity index (χ0v) is 13.5. The van der Waals surface area contributed by atoms with Crippen LogP contribution in [0.25, 0.3) is 10.9 Å². The molecular formula is C17H17FN2O2S. The zero-order chi connectivity index (χ0) is 16.4. The third-order valence-electron chi connectivity index (χ3n) is 3.72. The Hall–Kier alpha value is -2.18. The molecule has 1 heterocycles. The summed E-state index contributed by atoms with van der Waals surface area (Å²) in [7, 11) is -3.75. The molecule has 3 rings (SSSR count). The van der Waals surface area contributed by atoms with Gasteiger partial charge in [0, 0.05) is 18.1 Å². The van der Waals surface area contributed by atoms with Crippen LogP contribution in [0.4, 0.5) is 4.39 Å². The Kier molecular flexibility index (Phi) is 4.19. The molecule has 0 aliphatic rings. The quantitative estimate of drug-likeness (QED) is 0.781. The van der Waals surface area contributed by atoms with E-state index in [9.17, 15) is 12.8 Å². The normalized spacial score (nSPS) is 11.9. The fraction of sp³-hybridized carbons (Fsp3) is 0.176. The highest BCUT2D eigenvalue weighted by molar-refractivity contribution is 7.90. The summed E-state index contributed by atoms with van der Waals surface area (Å²) in [6.07, 6.45) is 1.54. The molecule has 3 aromatic rings. The van der Waals surface area contributed by atoms with E-state index in [-0.39, 0.29) is 4.90 Å². The van der Waals surface area contributed by atoms with Crippen LogP contribution in [0.2, 0.25) is 0 Å². The van der Waals surface area contributed by atoms with Crippen molar-refractivity contribution in [3.05, 3.63) is 66.1 Å². The van der Waals surface area contributed by atoms with Crippen LogP contribution in [0.15, 0.2) is 59.6 Å². The van der Waals surface area contributed by atoms with Gasteiger partial charge in [0.1, 0.15) is 5.82 Å². The van der Waals surface area contributed by atoms with Crippen molar-refractivity contribution in [3.63, 3.8) is 0 Å². The molecule has 6 heteroatoms. The average molecular weight is 332 g/mol. The summed E-state index contributed by atoms with van der Waals surface area (Å²) in [4.78, 5) is 0.0634. The maximum Gasteiger partial charge on any atom is 0.268 e. The van der Waals surface area contributed by atoms with Gasteiger partial charge in [-0.3, -0.25) is 0 Å². The van der Waals surface area contributed by atoms with Crippen LogP contribution in [-0.2, 0) is 16.6 Å². The molecule has 0 atom stereocenters. The smallest absolute Gasteiger partial charge is 0.268 e. The van der Waals surface area contributed by atoms with Crippen LogP contribution in [0.5, 0.6) is 0 Å². The molecule has 0 unspecified atom stereocenters. The van der Waals surface area contributed by atoms with Gasteiger partial charge in [0.15, 0.2) is 0 Å². The molecule has 4 nitrogen and oxygen atoms in total. The first-order chi connectivity index (χ1) is 11.0. The van der Waals surface area contributed by atoms with E-state index >= 15 is 0 Å². The molecule has 1 N–H and O–H groups in total. The van der Waals surface area contributed by atoms with Gasteiger partial charge in [-0.1, -0.05) is 19.1 Å². The summed E-state index contributed by atoms with van der Waals surface area (Å²) >= 11 is 0. The second-order valence-electron chi connectivity index (χ2n) is 5.20. The maximum absolute atomic E-state index is 13.0. The van der Waals surface area contributed by atoms with E-state index in [0.717, 1.165) is 29.6 Å². The van der Waals surface area contributed by atoms with E-state index in [4.69, 9.17) is 0 Å². The first kappa shape index (κ1) is 15.7. The summed E-state index contributed by atoms with van der Waals surface area (Å²) < 4.78 is 39.8. The third kappa shape index (κ3) is 2.87. The lowest BCUT2D eigenvalue weighted by atomic mass is 10.1. The second-order valence-corrected chi connectivity index (χ2v) is 7.02. The lowest BCUT2D eigenvalue weighted by molar-refractivity contribution is 0.588. The molecule has 0 aliphatic heterocycles. The topological polar surface area (TPSA) is 51.1 Å². The zero-order valence-electron chi connectivity index (χ0n) is 12.7. The van der Waals surface area contributed by atoms with Gasteiger partial charge in [0.05, 0.1) is 10.4 Å². The summed E-state index contributed by atoms with van der Waals surface area (Å²) in [6.45, 7) is 3.53. The van der Waals surface area contributed by atoms with Crippen molar-refractivity contribution >= 4 is 20.9 Å². The molecule has 0 fully saturated rings. The Morgan fingerprint density at radius 1 is 1.09 bits per heavy atom. The highest BCUT2D eigenvalue weighted by Gasteiger charge is 2.19. The van der Waals surface area contributed by atoms with Crippen molar-refractivity contribution in [2.24, 2.45) is 0 Å². The van der Waals surface area contributed by atoms with Crippen LogP contribution in [0.1, 0.15) is 12.5 Å². The first-order valence-electron chi connectivity index (χ1n) is 7.35. The number of aromatic nitrogens is 1. The molecule has 1 aromatic heterocycles. The first-order valence-corrected chi connectivity index (χ1v) is 8.79. The standard InChI is InChI=1S/C17H17FN2O2S/c1-2-19-12-13-4-3-5-17-16(13)10-11-20(17)23(21,22)15-8-6-14(18)7-9-15/h3-11,19H,2,12H2,1H3. The van der Waals surface area contributed by atoms with E-state index in [1.165, 1.54) is 16.1 Å². The van der Waals surface area contributed by atoms with Gasteiger partial charge in [-0.15, -0.1) is 0 Å².